The normalized spacial score (nSPS) is 20.2. The Kier molecular flexibility index (Phi) is 5.14. The molecule has 0 radical (unpaired) electrons. The van der Waals surface area contributed by atoms with E-state index in [1.165, 1.54) is 10.7 Å². The van der Waals surface area contributed by atoms with Crippen LogP contribution in [0.25, 0.3) is 5.69 Å². The number of hydrogen-bond acceptors (Lipinski definition) is 4. The summed E-state index contributed by atoms with van der Waals surface area (Å²) in [4.78, 5) is 24.1. The monoisotopic (exact) mass is 342 g/mol. The highest BCUT2D eigenvalue weighted by Crippen LogP contribution is 2.23. The number of para-hydroxylation sites is 1. The van der Waals surface area contributed by atoms with Crippen LogP contribution < -0.4 is 11.1 Å². The van der Waals surface area contributed by atoms with Crippen LogP contribution in [0.4, 0.5) is 0 Å². The van der Waals surface area contributed by atoms with Gasteiger partial charge in [-0.2, -0.15) is 5.10 Å². The minimum atomic E-state index is -0.655. The fourth-order valence-corrected chi connectivity index (χ4v) is 3.17. The molecule has 0 aliphatic heterocycles. The number of nitrogens with zero attached hydrogens (tertiary/aromatic N) is 2. The third-order valence-corrected chi connectivity index (χ3v) is 4.59. The number of carbonyl (C=O) groups is 2. The first-order valence-corrected chi connectivity index (χ1v) is 8.48. The highest BCUT2D eigenvalue weighted by atomic mass is 16.3. The van der Waals surface area contributed by atoms with E-state index in [4.69, 9.17) is 5.73 Å². The minimum absolute atomic E-state index is 0.0597. The Balaban J connectivity index is 1.75. The van der Waals surface area contributed by atoms with Crippen LogP contribution >= 0.6 is 0 Å². The van der Waals surface area contributed by atoms with Gasteiger partial charge in [-0.15, -0.1) is 0 Å². The fourth-order valence-electron chi connectivity index (χ4n) is 3.17. The van der Waals surface area contributed by atoms with Crippen molar-refractivity contribution in [3.8, 4) is 5.69 Å². The molecule has 3 rings (SSSR count). The van der Waals surface area contributed by atoms with Crippen LogP contribution in [0.15, 0.2) is 36.4 Å². The molecule has 1 fully saturated rings. The third kappa shape index (κ3) is 3.88. The molecular formula is C18H22N4O3. The number of nitrogens with two attached hydrogens (primary N) is 1. The second-order valence-electron chi connectivity index (χ2n) is 6.35. The van der Waals surface area contributed by atoms with Crippen molar-refractivity contribution < 1.29 is 14.7 Å². The number of nitrogens with one attached hydrogen (secondary N) is 1. The van der Waals surface area contributed by atoms with E-state index in [0.29, 0.717) is 12.2 Å². The zero-order valence-electron chi connectivity index (χ0n) is 13.9. The first-order valence-electron chi connectivity index (χ1n) is 8.48. The maximum atomic E-state index is 12.4. The van der Waals surface area contributed by atoms with E-state index in [0.717, 1.165) is 25.7 Å². The maximum absolute atomic E-state index is 12.4. The molecule has 1 aromatic carbocycles. The van der Waals surface area contributed by atoms with Crippen LogP contribution in [0.2, 0.25) is 0 Å². The Morgan fingerprint density at radius 3 is 2.64 bits per heavy atom. The maximum Gasteiger partial charge on any atom is 0.271 e. The topological polar surface area (TPSA) is 110 Å². The molecule has 2 unspecified atom stereocenters. The smallest absolute Gasteiger partial charge is 0.271 e. The summed E-state index contributed by atoms with van der Waals surface area (Å²) in [7, 11) is 0. The number of benzene rings is 1. The average molecular weight is 342 g/mol. The summed E-state index contributed by atoms with van der Waals surface area (Å²) in [6.45, 7) is 0.393. The van der Waals surface area contributed by atoms with E-state index in [1.54, 1.807) is 12.1 Å². The van der Waals surface area contributed by atoms with Crippen molar-refractivity contribution in [1.82, 2.24) is 15.1 Å². The summed E-state index contributed by atoms with van der Waals surface area (Å²) in [5.74, 6) is -0.974. The first-order chi connectivity index (χ1) is 12.1. The molecule has 0 spiro atoms. The molecule has 0 saturated heterocycles. The van der Waals surface area contributed by atoms with Gasteiger partial charge in [-0.3, -0.25) is 9.59 Å². The Labute approximate surface area is 145 Å². The summed E-state index contributed by atoms with van der Waals surface area (Å²) in [6.07, 6.45) is 3.37. The van der Waals surface area contributed by atoms with Gasteiger partial charge < -0.3 is 16.2 Å². The van der Waals surface area contributed by atoms with Crippen molar-refractivity contribution in [3.05, 3.63) is 47.8 Å². The molecule has 4 N–H and O–H groups in total. The molecule has 25 heavy (non-hydrogen) atoms. The van der Waals surface area contributed by atoms with Crippen LogP contribution in [0.1, 0.15) is 46.7 Å². The first kappa shape index (κ1) is 17.2. The Morgan fingerprint density at radius 1 is 1.24 bits per heavy atom. The highest BCUT2D eigenvalue weighted by molar-refractivity contribution is 5.97. The lowest BCUT2D eigenvalue weighted by atomic mass is 9.86. The zero-order valence-corrected chi connectivity index (χ0v) is 13.9. The summed E-state index contributed by atoms with van der Waals surface area (Å²) in [5.41, 5.74) is 6.34. The van der Waals surface area contributed by atoms with Crippen LogP contribution in [0.3, 0.4) is 0 Å². The van der Waals surface area contributed by atoms with Gasteiger partial charge in [0.25, 0.3) is 11.8 Å². The van der Waals surface area contributed by atoms with Gasteiger partial charge >= 0.3 is 0 Å². The Hall–Kier alpha value is -2.67. The van der Waals surface area contributed by atoms with Gasteiger partial charge in [0.15, 0.2) is 5.69 Å². The van der Waals surface area contributed by atoms with Crippen molar-refractivity contribution in [1.29, 1.82) is 0 Å². The minimum Gasteiger partial charge on any atom is -0.393 e. The molecule has 1 aromatic heterocycles. The molecule has 7 heteroatoms. The van der Waals surface area contributed by atoms with E-state index >= 15 is 0 Å². The number of rotatable bonds is 5. The second-order valence-corrected chi connectivity index (χ2v) is 6.35. The number of amides is 2. The van der Waals surface area contributed by atoms with E-state index < -0.39 is 5.91 Å². The van der Waals surface area contributed by atoms with Crippen molar-refractivity contribution >= 4 is 11.8 Å². The van der Waals surface area contributed by atoms with Crippen molar-refractivity contribution in [3.63, 3.8) is 0 Å². The van der Waals surface area contributed by atoms with Crippen molar-refractivity contribution in [2.75, 3.05) is 6.54 Å². The summed E-state index contributed by atoms with van der Waals surface area (Å²) >= 11 is 0. The Bertz CT molecular complexity index is 757. The van der Waals surface area contributed by atoms with Crippen LogP contribution in [-0.4, -0.2) is 39.4 Å². The molecular weight excluding hydrogens is 320 g/mol. The van der Waals surface area contributed by atoms with Gasteiger partial charge in [0.1, 0.15) is 5.69 Å². The number of aliphatic hydroxyl groups is 1. The van der Waals surface area contributed by atoms with Gasteiger partial charge in [0.2, 0.25) is 0 Å². The number of primary amides is 1. The zero-order chi connectivity index (χ0) is 17.8. The molecule has 7 nitrogen and oxygen atoms in total. The van der Waals surface area contributed by atoms with Gasteiger partial charge in [-0.1, -0.05) is 31.0 Å². The summed E-state index contributed by atoms with van der Waals surface area (Å²) in [5, 5.41) is 17.0. The lowest BCUT2D eigenvalue weighted by molar-refractivity contribution is 0.0661. The Morgan fingerprint density at radius 2 is 1.96 bits per heavy atom. The van der Waals surface area contributed by atoms with E-state index in [2.05, 4.69) is 10.4 Å². The van der Waals surface area contributed by atoms with Crippen LogP contribution in [-0.2, 0) is 0 Å². The van der Waals surface area contributed by atoms with Crippen LogP contribution in [0.5, 0.6) is 0 Å². The number of aromatic nitrogens is 2. The standard InChI is InChI=1S/C18H22N4O3/c19-17(24)15-10-14(21-22(15)13-7-2-1-3-8-13)18(25)20-11-12-6-4-5-9-16(12)23/h1-3,7-8,10,12,16,23H,4-6,9,11H2,(H2,19,24)(H,20,25). The number of hydrogen-bond donors (Lipinski definition) is 3. The number of aliphatic hydroxyl groups excluding tert-OH is 1. The van der Waals surface area contributed by atoms with Gasteiger partial charge in [0.05, 0.1) is 11.8 Å². The van der Waals surface area contributed by atoms with Gasteiger partial charge in [0, 0.05) is 18.5 Å². The van der Waals surface area contributed by atoms with Gasteiger partial charge in [-0.05, 0) is 25.0 Å². The third-order valence-electron chi connectivity index (χ3n) is 4.59. The van der Waals surface area contributed by atoms with E-state index in [-0.39, 0.29) is 29.3 Å². The molecule has 132 valence electrons. The summed E-state index contributed by atoms with van der Waals surface area (Å²) < 4.78 is 1.37. The lowest BCUT2D eigenvalue weighted by Crippen LogP contribution is -2.36. The SMILES string of the molecule is NC(=O)c1cc(C(=O)NCC2CCCCC2O)nn1-c1ccccc1. The van der Waals surface area contributed by atoms with Crippen molar-refractivity contribution in [2.24, 2.45) is 11.7 Å². The molecule has 2 aromatic rings. The molecule has 1 aliphatic rings. The fraction of sp³-hybridized carbons (Fsp3) is 0.389. The predicted octanol–water partition coefficient (Wildman–Crippen LogP) is 1.25. The molecule has 2 atom stereocenters. The molecule has 1 saturated carbocycles. The lowest BCUT2D eigenvalue weighted by Gasteiger charge is -2.27. The number of carbonyl (C=O) groups excluding carboxylic acids is 2. The van der Waals surface area contributed by atoms with E-state index in [1.807, 2.05) is 18.2 Å². The predicted molar refractivity (Wildman–Crippen MR) is 92.4 cm³/mol. The summed E-state index contributed by atoms with van der Waals surface area (Å²) in [6, 6.07) is 10.4. The average Bonchev–Trinajstić information content (AvgIpc) is 3.07. The molecule has 2 amide bonds. The second kappa shape index (κ2) is 7.48. The molecule has 0 bridgehead atoms. The van der Waals surface area contributed by atoms with Gasteiger partial charge in [-0.25, -0.2) is 4.68 Å². The van der Waals surface area contributed by atoms with Crippen LogP contribution in [0, 0.1) is 5.92 Å². The molecule has 1 heterocycles. The quantitative estimate of drug-likeness (QED) is 0.759. The molecule has 1 aliphatic carbocycles. The van der Waals surface area contributed by atoms with Crippen molar-refractivity contribution in [2.45, 2.75) is 31.8 Å². The highest BCUT2D eigenvalue weighted by Gasteiger charge is 2.24. The van der Waals surface area contributed by atoms with E-state index in [9.17, 15) is 14.7 Å². The largest absolute Gasteiger partial charge is 0.393 e.